The Hall–Kier alpha value is -3.23. The van der Waals surface area contributed by atoms with Gasteiger partial charge in [-0.3, -0.25) is 23.8 Å². The molecule has 1 fully saturated rings. The van der Waals surface area contributed by atoms with Crippen molar-refractivity contribution in [3.63, 3.8) is 0 Å². The van der Waals surface area contributed by atoms with Crippen LogP contribution in [0.4, 0.5) is 8.78 Å². The molecule has 42 heavy (non-hydrogen) atoms. The van der Waals surface area contributed by atoms with Gasteiger partial charge in [0.1, 0.15) is 16.6 Å². The minimum Gasteiger partial charge on any atom is -0.502 e. The zero-order valence-electron chi connectivity index (χ0n) is 23.2. The summed E-state index contributed by atoms with van der Waals surface area (Å²) in [4.78, 5) is 28.3. The van der Waals surface area contributed by atoms with E-state index in [1.165, 1.54) is 21.8 Å². The molecule has 1 spiro atoms. The summed E-state index contributed by atoms with van der Waals surface area (Å²) in [6.07, 6.45) is 1.74. The fourth-order valence-corrected chi connectivity index (χ4v) is 7.64. The average Bonchev–Trinajstić information content (AvgIpc) is 3.62. The highest BCUT2D eigenvalue weighted by molar-refractivity contribution is 7.53. The lowest BCUT2D eigenvalue weighted by Gasteiger charge is -2.52. The SMILES string of the molecule is CCOP(=O)(CCN1n2cc(-c3nnc(Cc4ccc(F)cc4F)s3)c(=O)c(O)c2C(=O)N(C)C12CCOC2)OCC. The van der Waals surface area contributed by atoms with Gasteiger partial charge < -0.3 is 23.8 Å². The van der Waals surface area contributed by atoms with Gasteiger partial charge >= 0.3 is 7.60 Å². The monoisotopic (exact) mass is 625 g/mol. The summed E-state index contributed by atoms with van der Waals surface area (Å²) < 4.78 is 58.9. The van der Waals surface area contributed by atoms with Crippen LogP contribution < -0.4 is 10.4 Å². The van der Waals surface area contributed by atoms with Gasteiger partial charge in [-0.25, -0.2) is 8.78 Å². The number of aromatic nitrogens is 3. The number of hydrogen-bond acceptors (Lipinski definition) is 11. The molecule has 16 heteroatoms. The molecule has 12 nitrogen and oxygen atoms in total. The molecule has 4 heterocycles. The number of carbonyl (C=O) groups excluding carboxylic acids is 1. The fourth-order valence-electron chi connectivity index (χ4n) is 5.22. The summed E-state index contributed by atoms with van der Waals surface area (Å²) in [5.41, 5.74) is -1.98. The van der Waals surface area contributed by atoms with Gasteiger partial charge in [0.05, 0.1) is 38.2 Å². The summed E-state index contributed by atoms with van der Waals surface area (Å²) in [6.45, 7) is 4.26. The Morgan fingerprint density at radius 3 is 2.57 bits per heavy atom. The highest BCUT2D eigenvalue weighted by Gasteiger charge is 2.52. The van der Waals surface area contributed by atoms with E-state index in [0.29, 0.717) is 18.0 Å². The van der Waals surface area contributed by atoms with Crippen molar-refractivity contribution in [1.82, 2.24) is 19.8 Å². The second-order valence-electron chi connectivity index (χ2n) is 9.77. The van der Waals surface area contributed by atoms with Crippen molar-refractivity contribution in [2.45, 2.75) is 32.4 Å². The van der Waals surface area contributed by atoms with Crippen LogP contribution >= 0.6 is 18.9 Å². The number of nitrogens with zero attached hydrogens (tertiary/aromatic N) is 5. The molecule has 2 aromatic heterocycles. The normalized spacial score (nSPS) is 18.7. The number of ether oxygens (including phenoxy) is 1. The van der Waals surface area contributed by atoms with Crippen LogP contribution in [0.3, 0.4) is 0 Å². The summed E-state index contributed by atoms with van der Waals surface area (Å²) >= 11 is 0.994. The number of benzene rings is 1. The number of rotatable bonds is 10. The summed E-state index contributed by atoms with van der Waals surface area (Å²) in [5, 5.41) is 21.4. The number of halogens is 2. The predicted octanol–water partition coefficient (Wildman–Crippen LogP) is 3.35. The van der Waals surface area contributed by atoms with Crippen LogP contribution in [-0.2, 0) is 24.8 Å². The Morgan fingerprint density at radius 1 is 1.19 bits per heavy atom. The van der Waals surface area contributed by atoms with Crippen molar-refractivity contribution in [1.29, 1.82) is 0 Å². The molecule has 5 rings (SSSR count). The molecule has 1 atom stereocenters. The van der Waals surface area contributed by atoms with Gasteiger partial charge in [-0.05, 0) is 25.5 Å². The maximum absolute atomic E-state index is 14.2. The maximum atomic E-state index is 14.2. The van der Waals surface area contributed by atoms with Gasteiger partial charge in [0.15, 0.2) is 22.1 Å². The number of carbonyl (C=O) groups is 1. The van der Waals surface area contributed by atoms with Gasteiger partial charge in [-0.15, -0.1) is 10.2 Å². The van der Waals surface area contributed by atoms with Crippen molar-refractivity contribution in [3.05, 3.63) is 62.5 Å². The molecule has 0 saturated carbocycles. The Bertz CT molecular complexity index is 1600. The third kappa shape index (κ3) is 5.35. The van der Waals surface area contributed by atoms with Gasteiger partial charge in [0.2, 0.25) is 5.43 Å². The predicted molar refractivity (Wildman–Crippen MR) is 150 cm³/mol. The van der Waals surface area contributed by atoms with E-state index < -0.39 is 42.0 Å². The Morgan fingerprint density at radius 2 is 1.93 bits per heavy atom. The Labute approximate surface area is 243 Å². The highest BCUT2D eigenvalue weighted by atomic mass is 32.1. The second kappa shape index (κ2) is 11.8. The van der Waals surface area contributed by atoms with Crippen LogP contribution in [0.5, 0.6) is 5.75 Å². The largest absolute Gasteiger partial charge is 0.502 e. The molecule has 1 N–H and O–H groups in total. The van der Waals surface area contributed by atoms with E-state index >= 15 is 0 Å². The van der Waals surface area contributed by atoms with Crippen LogP contribution in [0.1, 0.15) is 41.3 Å². The quantitative estimate of drug-likeness (QED) is 0.334. The van der Waals surface area contributed by atoms with Gasteiger partial charge in [0, 0.05) is 38.7 Å². The molecule has 0 aliphatic carbocycles. The van der Waals surface area contributed by atoms with Crippen molar-refractivity contribution < 1.29 is 37.0 Å². The zero-order valence-corrected chi connectivity index (χ0v) is 24.9. The molecule has 226 valence electrons. The number of aromatic hydroxyl groups is 1. The van der Waals surface area contributed by atoms with Crippen molar-refractivity contribution in [2.75, 3.05) is 51.2 Å². The molecule has 1 amide bonds. The molecular weight excluding hydrogens is 595 g/mol. The third-order valence-corrected chi connectivity index (χ3v) is 10.3. The molecule has 2 aliphatic rings. The maximum Gasteiger partial charge on any atom is 0.332 e. The number of amides is 1. The molecule has 1 saturated heterocycles. The molecule has 1 aromatic carbocycles. The Balaban J connectivity index is 1.58. The standard InChI is InChI=1S/C26H30F2N5O7PS/c1-4-39-41(37,40-5-2)11-9-33-26(8-10-38-15-26)31(3)25(36)21-23(35)22(34)18(14-32(21)33)24-30-29-20(42-24)12-16-6-7-17(27)13-19(16)28/h6-7,13-14,35H,4-5,8-12,15H2,1-3H3. The number of likely N-dealkylation sites (N-methyl/N-ethyl adjacent to an activating group) is 1. The first kappa shape index (κ1) is 30.2. The lowest BCUT2D eigenvalue weighted by Crippen LogP contribution is -2.70. The van der Waals surface area contributed by atoms with Crippen LogP contribution in [0, 0.1) is 11.6 Å². The van der Waals surface area contributed by atoms with E-state index in [-0.39, 0.29) is 60.8 Å². The lowest BCUT2D eigenvalue weighted by atomic mass is 10.0. The molecule has 0 bridgehead atoms. The number of pyridine rings is 1. The fraction of sp³-hybridized carbons (Fsp3) is 0.462. The van der Waals surface area contributed by atoms with E-state index in [4.69, 9.17) is 13.8 Å². The van der Waals surface area contributed by atoms with Gasteiger partial charge in [-0.1, -0.05) is 17.4 Å². The Kier molecular flexibility index (Phi) is 8.50. The molecule has 3 aromatic rings. The lowest BCUT2D eigenvalue weighted by molar-refractivity contribution is 0.0308. The van der Waals surface area contributed by atoms with Gasteiger partial charge in [-0.2, -0.15) is 0 Å². The number of hydrogen-bond donors (Lipinski definition) is 1. The van der Waals surface area contributed by atoms with E-state index in [2.05, 4.69) is 10.2 Å². The highest BCUT2D eigenvalue weighted by Crippen LogP contribution is 2.48. The van der Waals surface area contributed by atoms with Crippen LogP contribution in [0.2, 0.25) is 0 Å². The van der Waals surface area contributed by atoms with E-state index in [1.807, 2.05) is 0 Å². The summed E-state index contributed by atoms with van der Waals surface area (Å²) in [6, 6.07) is 3.21. The first-order chi connectivity index (χ1) is 20.0. The second-order valence-corrected chi connectivity index (χ2v) is 13.0. The molecule has 2 aliphatic heterocycles. The minimum absolute atomic E-state index is 0.00202. The first-order valence-electron chi connectivity index (χ1n) is 13.3. The third-order valence-electron chi connectivity index (χ3n) is 7.31. The van der Waals surface area contributed by atoms with E-state index in [9.17, 15) is 28.0 Å². The van der Waals surface area contributed by atoms with Crippen LogP contribution in [0.15, 0.2) is 29.2 Å². The van der Waals surface area contributed by atoms with Crippen LogP contribution in [0.25, 0.3) is 10.6 Å². The molecular formula is C26H30F2N5O7PS. The summed E-state index contributed by atoms with van der Waals surface area (Å²) in [7, 11) is -1.96. The van der Waals surface area contributed by atoms with Crippen molar-refractivity contribution in [3.8, 4) is 16.3 Å². The van der Waals surface area contributed by atoms with Crippen molar-refractivity contribution >= 4 is 24.8 Å². The zero-order chi connectivity index (χ0) is 30.2. The minimum atomic E-state index is -3.52. The topological polar surface area (TPSA) is 136 Å². The molecule has 1 unspecified atom stereocenters. The van der Waals surface area contributed by atoms with Gasteiger partial charge in [0.25, 0.3) is 5.91 Å². The first-order valence-corrected chi connectivity index (χ1v) is 15.8. The number of fused-ring (bicyclic) bond motifs is 1. The van der Waals surface area contributed by atoms with Crippen molar-refractivity contribution in [2.24, 2.45) is 0 Å². The summed E-state index contributed by atoms with van der Waals surface area (Å²) in [5.74, 6) is -2.83. The van der Waals surface area contributed by atoms with E-state index in [1.54, 1.807) is 25.9 Å². The molecule has 0 radical (unpaired) electrons. The average molecular weight is 626 g/mol. The van der Waals surface area contributed by atoms with E-state index in [0.717, 1.165) is 23.5 Å². The smallest absolute Gasteiger partial charge is 0.332 e. The van der Waals surface area contributed by atoms with Crippen LogP contribution in [-0.4, -0.2) is 82.6 Å².